The van der Waals surface area contributed by atoms with E-state index >= 15 is 0 Å². The van der Waals surface area contributed by atoms with E-state index in [1.807, 2.05) is 11.0 Å². The molecule has 1 aliphatic rings. The lowest BCUT2D eigenvalue weighted by Crippen LogP contribution is -2.37. The number of H-pyrrole nitrogens is 1. The molecule has 3 rings (SSSR count). The first-order valence-electron chi connectivity index (χ1n) is 9.95. The minimum absolute atomic E-state index is 0.0595. The highest BCUT2D eigenvalue weighted by molar-refractivity contribution is 5.76. The first-order chi connectivity index (χ1) is 13.6. The Kier molecular flexibility index (Phi) is 7.19. The zero-order chi connectivity index (χ0) is 19.8. The van der Waals surface area contributed by atoms with Crippen molar-refractivity contribution in [1.29, 1.82) is 0 Å². The third-order valence-electron chi connectivity index (χ3n) is 5.19. The van der Waals surface area contributed by atoms with Gasteiger partial charge < -0.3 is 14.4 Å². The number of nitrogens with one attached hydrogen (secondary N) is 1. The molecule has 1 saturated heterocycles. The molecule has 0 bridgehead atoms. The maximum absolute atomic E-state index is 12.5. The Morgan fingerprint density at radius 1 is 0.964 bits per heavy atom. The molecule has 1 fully saturated rings. The number of carbonyl (C=O) groups is 1. The topological polar surface area (TPSA) is 78.4 Å². The summed E-state index contributed by atoms with van der Waals surface area (Å²) >= 11 is 0. The van der Waals surface area contributed by atoms with Gasteiger partial charge in [0.15, 0.2) is 0 Å². The summed E-state index contributed by atoms with van der Waals surface area (Å²) in [5.41, 5.74) is 0.472. The zero-order valence-electron chi connectivity index (χ0n) is 16.2. The third-order valence-corrected chi connectivity index (χ3v) is 5.19. The minimum atomic E-state index is -0.472. The molecule has 0 unspecified atom stereocenters. The van der Waals surface area contributed by atoms with Gasteiger partial charge in [-0.15, -0.1) is 0 Å². The second kappa shape index (κ2) is 10.0. The van der Waals surface area contributed by atoms with E-state index in [9.17, 15) is 14.4 Å². The maximum Gasteiger partial charge on any atom is 0.328 e. The fourth-order valence-corrected chi connectivity index (χ4v) is 3.59. The van der Waals surface area contributed by atoms with Crippen molar-refractivity contribution in [2.24, 2.45) is 0 Å². The van der Waals surface area contributed by atoms with Gasteiger partial charge in [0.25, 0.3) is 5.56 Å². The Hall–Kier alpha value is -2.67. The van der Waals surface area contributed by atoms with Gasteiger partial charge in [0, 0.05) is 44.9 Å². The van der Waals surface area contributed by atoms with Crippen molar-refractivity contribution in [3.63, 3.8) is 0 Å². The Bertz CT molecular complexity index is 875. The highest BCUT2D eigenvalue weighted by Crippen LogP contribution is 2.08. The highest BCUT2D eigenvalue weighted by atomic mass is 16.2. The van der Waals surface area contributed by atoms with Crippen molar-refractivity contribution in [3.8, 4) is 0 Å². The summed E-state index contributed by atoms with van der Waals surface area (Å²) in [7, 11) is 0. The number of benzene rings is 1. The normalized spacial score (nSPS) is 15.4. The molecule has 0 atom stereocenters. The molecule has 1 aromatic carbocycles. The SMILES string of the molecule is O=C(CCn1ccc(=O)[nH]c1=O)N1CCCN(CCCc2ccccc2)CC1. The van der Waals surface area contributed by atoms with Gasteiger partial charge in [-0.1, -0.05) is 30.3 Å². The van der Waals surface area contributed by atoms with Crippen LogP contribution in [0.4, 0.5) is 0 Å². The van der Waals surface area contributed by atoms with E-state index in [-0.39, 0.29) is 18.9 Å². The smallest absolute Gasteiger partial charge is 0.328 e. The van der Waals surface area contributed by atoms with Crippen LogP contribution in [0.1, 0.15) is 24.8 Å². The standard InChI is InChI=1S/C21H28N4O3/c26-19-9-14-25(21(28)22-19)15-10-20(27)24-13-5-12-23(16-17-24)11-4-8-18-6-2-1-3-7-18/h1-3,6-7,9,14H,4-5,8,10-13,15-17H2,(H,22,26,28). The van der Waals surface area contributed by atoms with Crippen LogP contribution in [0.5, 0.6) is 0 Å². The number of amides is 1. The van der Waals surface area contributed by atoms with Crippen molar-refractivity contribution in [1.82, 2.24) is 19.4 Å². The largest absolute Gasteiger partial charge is 0.341 e. The molecule has 2 aromatic rings. The Morgan fingerprint density at radius 2 is 1.79 bits per heavy atom. The molecule has 7 heteroatoms. The van der Waals surface area contributed by atoms with Crippen LogP contribution in [-0.2, 0) is 17.8 Å². The van der Waals surface area contributed by atoms with Gasteiger partial charge in [-0.3, -0.25) is 14.6 Å². The summed E-state index contributed by atoms with van der Waals surface area (Å²) in [5.74, 6) is 0.0595. The van der Waals surface area contributed by atoms with Crippen molar-refractivity contribution < 1.29 is 4.79 Å². The van der Waals surface area contributed by atoms with E-state index in [0.717, 1.165) is 52.0 Å². The number of hydrogen-bond acceptors (Lipinski definition) is 4. The molecule has 0 radical (unpaired) electrons. The number of nitrogens with zero attached hydrogens (tertiary/aromatic N) is 3. The van der Waals surface area contributed by atoms with E-state index in [1.165, 1.54) is 22.4 Å². The third kappa shape index (κ3) is 5.92. The quantitative estimate of drug-likeness (QED) is 0.775. The predicted octanol–water partition coefficient (Wildman–Crippen LogP) is 1.09. The molecule has 7 nitrogen and oxygen atoms in total. The number of hydrogen-bond donors (Lipinski definition) is 1. The Balaban J connectivity index is 1.41. The van der Waals surface area contributed by atoms with E-state index < -0.39 is 11.2 Å². The van der Waals surface area contributed by atoms with Gasteiger partial charge in [-0.25, -0.2) is 4.79 Å². The molecule has 28 heavy (non-hydrogen) atoms. The van der Waals surface area contributed by atoms with Gasteiger partial charge in [-0.2, -0.15) is 0 Å². The molecule has 1 N–H and O–H groups in total. The van der Waals surface area contributed by atoms with Crippen molar-refractivity contribution in [2.75, 3.05) is 32.7 Å². The minimum Gasteiger partial charge on any atom is -0.341 e. The second-order valence-corrected chi connectivity index (χ2v) is 7.22. The zero-order valence-corrected chi connectivity index (χ0v) is 16.2. The average molecular weight is 384 g/mol. The summed E-state index contributed by atoms with van der Waals surface area (Å²) < 4.78 is 1.37. The second-order valence-electron chi connectivity index (χ2n) is 7.22. The van der Waals surface area contributed by atoms with Gasteiger partial charge in [-0.05, 0) is 37.9 Å². The van der Waals surface area contributed by atoms with Gasteiger partial charge >= 0.3 is 5.69 Å². The molecular weight excluding hydrogens is 356 g/mol. The lowest BCUT2D eigenvalue weighted by Gasteiger charge is -2.22. The molecule has 1 aromatic heterocycles. The number of aromatic amines is 1. The molecular formula is C21H28N4O3. The van der Waals surface area contributed by atoms with Gasteiger partial charge in [0.1, 0.15) is 0 Å². The van der Waals surface area contributed by atoms with Crippen LogP contribution in [0.25, 0.3) is 0 Å². The van der Waals surface area contributed by atoms with Gasteiger partial charge in [0.05, 0.1) is 0 Å². The molecule has 0 saturated carbocycles. The number of carbonyl (C=O) groups excluding carboxylic acids is 1. The molecule has 0 spiro atoms. The fourth-order valence-electron chi connectivity index (χ4n) is 3.59. The molecule has 2 heterocycles. The highest BCUT2D eigenvalue weighted by Gasteiger charge is 2.18. The van der Waals surface area contributed by atoms with Gasteiger partial charge in [0.2, 0.25) is 5.91 Å². The van der Waals surface area contributed by atoms with Crippen molar-refractivity contribution >= 4 is 5.91 Å². The average Bonchev–Trinajstić information content (AvgIpc) is 2.94. The van der Waals surface area contributed by atoms with E-state index in [4.69, 9.17) is 0 Å². The lowest BCUT2D eigenvalue weighted by atomic mass is 10.1. The summed E-state index contributed by atoms with van der Waals surface area (Å²) in [6.07, 6.45) is 4.86. The van der Waals surface area contributed by atoms with Crippen LogP contribution in [0.2, 0.25) is 0 Å². The monoisotopic (exact) mass is 384 g/mol. The summed E-state index contributed by atoms with van der Waals surface area (Å²) in [6, 6.07) is 11.8. The van der Waals surface area contributed by atoms with Crippen LogP contribution in [-0.4, -0.2) is 58.0 Å². The molecule has 0 aliphatic carbocycles. The van der Waals surface area contributed by atoms with Crippen LogP contribution < -0.4 is 11.2 Å². The van der Waals surface area contributed by atoms with Crippen LogP contribution >= 0.6 is 0 Å². The fraction of sp³-hybridized carbons (Fsp3) is 0.476. The number of aromatic nitrogens is 2. The van der Waals surface area contributed by atoms with Crippen LogP contribution in [0.15, 0.2) is 52.2 Å². The van der Waals surface area contributed by atoms with E-state index in [1.54, 1.807) is 0 Å². The Morgan fingerprint density at radius 3 is 2.57 bits per heavy atom. The predicted molar refractivity (Wildman–Crippen MR) is 108 cm³/mol. The first kappa shape index (κ1) is 20.1. The van der Waals surface area contributed by atoms with Crippen molar-refractivity contribution in [2.45, 2.75) is 32.2 Å². The molecule has 1 aliphatic heterocycles. The number of rotatable bonds is 7. The van der Waals surface area contributed by atoms with E-state index in [0.29, 0.717) is 0 Å². The van der Waals surface area contributed by atoms with Crippen LogP contribution in [0, 0.1) is 0 Å². The summed E-state index contributed by atoms with van der Waals surface area (Å²) in [6.45, 7) is 4.71. The molecule has 1 amide bonds. The molecule has 150 valence electrons. The van der Waals surface area contributed by atoms with Crippen LogP contribution in [0.3, 0.4) is 0 Å². The first-order valence-corrected chi connectivity index (χ1v) is 9.95. The summed E-state index contributed by atoms with van der Waals surface area (Å²) in [5, 5.41) is 0. The van der Waals surface area contributed by atoms with Crippen molar-refractivity contribution in [3.05, 3.63) is 69.0 Å². The van der Waals surface area contributed by atoms with E-state index in [2.05, 4.69) is 34.1 Å². The Labute approximate surface area is 164 Å². The number of aryl methyl sites for hydroxylation is 2. The maximum atomic E-state index is 12.5. The lowest BCUT2D eigenvalue weighted by molar-refractivity contribution is -0.131. The summed E-state index contributed by atoms with van der Waals surface area (Å²) in [4.78, 5) is 41.9.